The SMILES string of the molecule is CN1C(=O)C2CC1(c1ccccc1)c1ccccc1/C2=N/O. The number of fused-ring (bicyclic) bond motifs is 4. The van der Waals surface area contributed by atoms with Gasteiger partial charge in [-0.2, -0.15) is 0 Å². The van der Waals surface area contributed by atoms with Gasteiger partial charge in [-0.05, 0) is 17.5 Å². The summed E-state index contributed by atoms with van der Waals surface area (Å²) in [6, 6.07) is 17.9. The molecule has 1 aliphatic carbocycles. The van der Waals surface area contributed by atoms with Gasteiger partial charge in [-0.25, -0.2) is 0 Å². The lowest BCUT2D eigenvalue weighted by molar-refractivity contribution is -0.130. The molecule has 2 aliphatic rings. The highest BCUT2D eigenvalue weighted by molar-refractivity contribution is 6.17. The molecule has 0 spiro atoms. The van der Waals surface area contributed by atoms with Gasteiger partial charge in [0.25, 0.3) is 0 Å². The summed E-state index contributed by atoms with van der Waals surface area (Å²) in [6.45, 7) is 0. The van der Waals surface area contributed by atoms with Crippen LogP contribution in [0.2, 0.25) is 0 Å². The highest BCUT2D eigenvalue weighted by Crippen LogP contribution is 2.52. The van der Waals surface area contributed by atoms with E-state index in [4.69, 9.17) is 0 Å². The molecule has 0 aromatic heterocycles. The zero-order valence-corrected chi connectivity index (χ0v) is 12.2. The van der Waals surface area contributed by atoms with Gasteiger partial charge in [-0.3, -0.25) is 4.79 Å². The van der Waals surface area contributed by atoms with Crippen molar-refractivity contribution in [1.29, 1.82) is 0 Å². The number of oxime groups is 1. The topological polar surface area (TPSA) is 52.9 Å². The monoisotopic (exact) mass is 292 g/mol. The molecule has 1 saturated heterocycles. The van der Waals surface area contributed by atoms with Crippen LogP contribution in [0.4, 0.5) is 0 Å². The fraction of sp³-hybridized carbons (Fsp3) is 0.222. The summed E-state index contributed by atoms with van der Waals surface area (Å²) in [4.78, 5) is 14.5. The molecule has 0 saturated carbocycles. The molecule has 110 valence electrons. The minimum atomic E-state index is -0.478. The van der Waals surface area contributed by atoms with E-state index in [-0.39, 0.29) is 11.8 Å². The molecule has 0 radical (unpaired) electrons. The largest absolute Gasteiger partial charge is 0.411 e. The van der Waals surface area contributed by atoms with E-state index in [1.807, 2.05) is 54.4 Å². The first-order chi connectivity index (χ1) is 10.7. The molecule has 1 heterocycles. The number of carbonyl (C=O) groups is 1. The van der Waals surface area contributed by atoms with Crippen LogP contribution in [0.15, 0.2) is 59.8 Å². The van der Waals surface area contributed by atoms with E-state index in [0.717, 1.165) is 16.7 Å². The van der Waals surface area contributed by atoms with E-state index in [1.165, 1.54) is 0 Å². The number of hydrogen-bond acceptors (Lipinski definition) is 3. The lowest BCUT2D eigenvalue weighted by Gasteiger charge is -2.39. The third-order valence-corrected chi connectivity index (χ3v) is 5.04. The Morgan fingerprint density at radius 3 is 2.55 bits per heavy atom. The molecular weight excluding hydrogens is 276 g/mol. The molecule has 4 nitrogen and oxygen atoms in total. The summed E-state index contributed by atoms with van der Waals surface area (Å²) in [5, 5.41) is 12.9. The average Bonchev–Trinajstić information content (AvgIpc) is 2.81. The van der Waals surface area contributed by atoms with E-state index in [9.17, 15) is 10.0 Å². The molecule has 1 amide bonds. The summed E-state index contributed by atoms with van der Waals surface area (Å²) < 4.78 is 0. The molecule has 2 aromatic carbocycles. The molecule has 1 fully saturated rings. The minimum absolute atomic E-state index is 0.00727. The lowest BCUT2D eigenvalue weighted by atomic mass is 9.70. The van der Waals surface area contributed by atoms with Crippen LogP contribution in [0.3, 0.4) is 0 Å². The Labute approximate surface area is 128 Å². The van der Waals surface area contributed by atoms with Crippen molar-refractivity contribution < 1.29 is 10.0 Å². The Bertz CT molecular complexity index is 785. The van der Waals surface area contributed by atoms with Gasteiger partial charge < -0.3 is 10.1 Å². The molecule has 22 heavy (non-hydrogen) atoms. The summed E-state index contributed by atoms with van der Waals surface area (Å²) in [7, 11) is 1.84. The second-order valence-corrected chi connectivity index (χ2v) is 5.91. The second kappa shape index (κ2) is 4.44. The van der Waals surface area contributed by atoms with E-state index in [1.54, 1.807) is 0 Å². The number of hydrogen-bond donors (Lipinski definition) is 1. The molecule has 2 bridgehead atoms. The van der Waals surface area contributed by atoms with E-state index >= 15 is 0 Å². The van der Waals surface area contributed by atoms with E-state index < -0.39 is 5.54 Å². The van der Waals surface area contributed by atoms with Crippen LogP contribution in [0, 0.1) is 5.92 Å². The second-order valence-electron chi connectivity index (χ2n) is 5.91. The zero-order valence-electron chi connectivity index (χ0n) is 12.2. The van der Waals surface area contributed by atoms with Crippen LogP contribution in [0.25, 0.3) is 0 Å². The Hall–Kier alpha value is -2.62. The van der Waals surface area contributed by atoms with Crippen LogP contribution < -0.4 is 0 Å². The van der Waals surface area contributed by atoms with Crippen molar-refractivity contribution in [2.45, 2.75) is 12.0 Å². The van der Waals surface area contributed by atoms with Crippen LogP contribution >= 0.6 is 0 Å². The molecular formula is C18H16N2O2. The Kier molecular flexibility index (Phi) is 2.64. The average molecular weight is 292 g/mol. The number of rotatable bonds is 1. The number of nitrogens with zero attached hydrogens (tertiary/aromatic N) is 2. The fourth-order valence-electron chi connectivity index (χ4n) is 4.01. The van der Waals surface area contributed by atoms with Crippen molar-refractivity contribution >= 4 is 11.6 Å². The number of amides is 1. The van der Waals surface area contributed by atoms with Gasteiger partial charge in [0.15, 0.2) is 0 Å². The van der Waals surface area contributed by atoms with E-state index in [0.29, 0.717) is 12.1 Å². The molecule has 1 N–H and O–H groups in total. The van der Waals surface area contributed by atoms with Crippen LogP contribution in [0.1, 0.15) is 23.1 Å². The molecule has 4 heteroatoms. The quantitative estimate of drug-likeness (QED) is 0.649. The summed E-state index contributed by atoms with van der Waals surface area (Å²) in [6.07, 6.45) is 0.614. The first-order valence-corrected chi connectivity index (χ1v) is 7.35. The van der Waals surface area contributed by atoms with Gasteiger partial charge in [0, 0.05) is 12.6 Å². The minimum Gasteiger partial charge on any atom is -0.411 e. The van der Waals surface area contributed by atoms with Crippen molar-refractivity contribution in [1.82, 2.24) is 4.90 Å². The maximum Gasteiger partial charge on any atom is 0.232 e. The normalized spacial score (nSPS) is 28.0. The van der Waals surface area contributed by atoms with Gasteiger partial charge in [-0.15, -0.1) is 0 Å². The highest BCUT2D eigenvalue weighted by atomic mass is 16.4. The predicted octanol–water partition coefficient (Wildman–Crippen LogP) is 2.60. The smallest absolute Gasteiger partial charge is 0.232 e. The standard InChI is InChI=1S/C18H16N2O2/c1-20-17(21)14-11-18(20,12-7-3-2-4-8-12)15-10-6-5-9-13(15)16(14)19-22/h2-10,14,22H,11H2,1H3/b19-16-. The Morgan fingerprint density at radius 1 is 1.14 bits per heavy atom. The van der Waals surface area contributed by atoms with Crippen LogP contribution in [-0.4, -0.2) is 28.8 Å². The van der Waals surface area contributed by atoms with Crippen molar-refractivity contribution in [3.63, 3.8) is 0 Å². The van der Waals surface area contributed by atoms with Crippen molar-refractivity contribution in [2.75, 3.05) is 7.05 Å². The molecule has 1 aliphatic heterocycles. The van der Waals surface area contributed by atoms with Gasteiger partial charge in [0.1, 0.15) is 0 Å². The summed E-state index contributed by atoms with van der Waals surface area (Å²) in [5.41, 5.74) is 2.99. The first kappa shape index (κ1) is 13.1. The lowest BCUT2D eigenvalue weighted by Crippen LogP contribution is -2.42. The molecule has 2 atom stereocenters. The molecule has 4 rings (SSSR count). The van der Waals surface area contributed by atoms with Crippen LogP contribution in [0.5, 0.6) is 0 Å². The van der Waals surface area contributed by atoms with Crippen molar-refractivity contribution in [3.8, 4) is 0 Å². The zero-order chi connectivity index (χ0) is 15.3. The van der Waals surface area contributed by atoms with Crippen molar-refractivity contribution in [3.05, 3.63) is 71.3 Å². The third kappa shape index (κ3) is 1.42. The number of carbonyl (C=O) groups excluding carboxylic acids is 1. The number of likely N-dealkylation sites (tertiary alicyclic amines) is 1. The van der Waals surface area contributed by atoms with Gasteiger partial charge >= 0.3 is 0 Å². The summed E-state index contributed by atoms with van der Waals surface area (Å²) in [5.74, 6) is -0.377. The number of benzene rings is 2. The molecule has 2 unspecified atom stereocenters. The van der Waals surface area contributed by atoms with Gasteiger partial charge in [-0.1, -0.05) is 59.8 Å². The highest BCUT2D eigenvalue weighted by Gasteiger charge is 2.57. The Morgan fingerprint density at radius 2 is 1.82 bits per heavy atom. The van der Waals surface area contributed by atoms with Gasteiger partial charge in [0.05, 0.1) is 17.2 Å². The summed E-state index contributed by atoms with van der Waals surface area (Å²) >= 11 is 0. The predicted molar refractivity (Wildman–Crippen MR) is 82.9 cm³/mol. The van der Waals surface area contributed by atoms with E-state index in [2.05, 4.69) is 17.3 Å². The first-order valence-electron chi connectivity index (χ1n) is 7.35. The maximum atomic E-state index is 12.7. The third-order valence-electron chi connectivity index (χ3n) is 5.04. The van der Waals surface area contributed by atoms with Crippen molar-refractivity contribution in [2.24, 2.45) is 11.1 Å². The molecule has 2 aromatic rings. The Balaban J connectivity index is 2.07. The van der Waals surface area contributed by atoms with Crippen LogP contribution in [-0.2, 0) is 10.3 Å². The fourth-order valence-corrected chi connectivity index (χ4v) is 4.01. The maximum absolute atomic E-state index is 12.7. The van der Waals surface area contributed by atoms with Gasteiger partial charge in [0.2, 0.25) is 5.91 Å².